The molecular weight excluding hydrogens is 380 g/mol. The zero-order valence-electron chi connectivity index (χ0n) is 17.0. The third kappa shape index (κ3) is 5.61. The lowest BCUT2D eigenvalue weighted by Crippen LogP contribution is -2.14. The van der Waals surface area contributed by atoms with Gasteiger partial charge < -0.3 is 20.1 Å². The lowest BCUT2D eigenvalue weighted by atomic mass is 10.1. The summed E-state index contributed by atoms with van der Waals surface area (Å²) in [7, 11) is 0. The fraction of sp³-hybridized carbons (Fsp3) is 0.167. The molecule has 0 heterocycles. The molecule has 0 aliphatic rings. The van der Waals surface area contributed by atoms with E-state index in [0.717, 1.165) is 0 Å². The highest BCUT2D eigenvalue weighted by atomic mass is 16.5. The van der Waals surface area contributed by atoms with Gasteiger partial charge in [-0.05, 0) is 62.4 Å². The summed E-state index contributed by atoms with van der Waals surface area (Å²) in [6, 6.07) is 20.9. The van der Waals surface area contributed by atoms with Crippen LogP contribution in [0, 0.1) is 0 Å². The molecule has 0 radical (unpaired) electrons. The molecule has 0 aliphatic heterocycles. The number of carbonyl (C=O) groups is 2. The van der Waals surface area contributed by atoms with Crippen molar-refractivity contribution < 1.29 is 19.1 Å². The molecule has 0 aliphatic carbocycles. The summed E-state index contributed by atoms with van der Waals surface area (Å²) in [5.74, 6) is 0.853. The Balaban J connectivity index is 1.64. The summed E-state index contributed by atoms with van der Waals surface area (Å²) < 4.78 is 10.9. The normalized spacial score (nSPS) is 10.2. The fourth-order valence-corrected chi connectivity index (χ4v) is 2.84. The van der Waals surface area contributed by atoms with Gasteiger partial charge in [-0.3, -0.25) is 9.59 Å². The van der Waals surface area contributed by atoms with E-state index in [2.05, 4.69) is 10.6 Å². The standard InChI is InChI=1S/C24H24N2O4/c1-3-29-21-9-5-7-19(15-21)25-23(27)17-11-13-18(14-12-17)24(28)26-20-8-6-10-22(16-20)30-4-2/h5-16H,3-4H2,1-2H3,(H,25,27)(H,26,28). The fourth-order valence-electron chi connectivity index (χ4n) is 2.84. The second kappa shape index (κ2) is 10.1. The van der Waals surface area contributed by atoms with Crippen molar-refractivity contribution in [3.63, 3.8) is 0 Å². The lowest BCUT2D eigenvalue weighted by molar-refractivity contribution is 0.101. The highest BCUT2D eigenvalue weighted by molar-refractivity contribution is 6.07. The van der Waals surface area contributed by atoms with E-state index in [-0.39, 0.29) is 11.8 Å². The third-order valence-electron chi connectivity index (χ3n) is 4.22. The minimum atomic E-state index is -0.264. The van der Waals surface area contributed by atoms with Gasteiger partial charge in [0.15, 0.2) is 0 Å². The summed E-state index contributed by atoms with van der Waals surface area (Å²) in [5.41, 5.74) is 2.18. The van der Waals surface area contributed by atoms with Crippen LogP contribution in [0.2, 0.25) is 0 Å². The highest BCUT2D eigenvalue weighted by Gasteiger charge is 2.10. The number of amides is 2. The molecule has 6 heteroatoms. The molecule has 0 spiro atoms. The Kier molecular flexibility index (Phi) is 7.05. The molecule has 0 fully saturated rings. The average Bonchev–Trinajstić information content (AvgIpc) is 2.75. The van der Waals surface area contributed by atoms with Gasteiger partial charge in [-0.15, -0.1) is 0 Å². The van der Waals surface area contributed by atoms with Crippen LogP contribution >= 0.6 is 0 Å². The first-order valence-electron chi connectivity index (χ1n) is 9.77. The van der Waals surface area contributed by atoms with Crippen LogP contribution in [0.4, 0.5) is 11.4 Å². The molecule has 0 bridgehead atoms. The maximum atomic E-state index is 12.5. The molecule has 154 valence electrons. The van der Waals surface area contributed by atoms with E-state index in [4.69, 9.17) is 9.47 Å². The quantitative estimate of drug-likeness (QED) is 0.555. The number of ether oxygens (including phenoxy) is 2. The molecule has 3 rings (SSSR count). The van der Waals surface area contributed by atoms with Crippen molar-refractivity contribution in [2.75, 3.05) is 23.8 Å². The SMILES string of the molecule is CCOc1cccc(NC(=O)c2ccc(C(=O)Nc3cccc(OCC)c3)cc2)c1. The van der Waals surface area contributed by atoms with Gasteiger partial charge in [0.2, 0.25) is 0 Å². The van der Waals surface area contributed by atoms with E-state index < -0.39 is 0 Å². The van der Waals surface area contributed by atoms with E-state index in [1.165, 1.54) is 0 Å². The molecule has 0 saturated carbocycles. The average molecular weight is 404 g/mol. The summed E-state index contributed by atoms with van der Waals surface area (Å²) in [6.07, 6.45) is 0. The zero-order valence-corrected chi connectivity index (χ0v) is 17.0. The van der Waals surface area contributed by atoms with E-state index in [1.54, 1.807) is 48.5 Å². The number of anilines is 2. The number of benzene rings is 3. The lowest BCUT2D eigenvalue weighted by Gasteiger charge is -2.09. The molecule has 3 aromatic rings. The van der Waals surface area contributed by atoms with Crippen molar-refractivity contribution in [3.05, 3.63) is 83.9 Å². The van der Waals surface area contributed by atoms with Gasteiger partial charge in [0.05, 0.1) is 13.2 Å². The van der Waals surface area contributed by atoms with Gasteiger partial charge in [-0.1, -0.05) is 12.1 Å². The first kappa shape index (κ1) is 20.9. The minimum Gasteiger partial charge on any atom is -0.494 e. The summed E-state index contributed by atoms with van der Waals surface area (Å²) in [6.45, 7) is 4.91. The zero-order chi connectivity index (χ0) is 21.3. The molecule has 0 aromatic heterocycles. The molecule has 0 saturated heterocycles. The van der Waals surface area contributed by atoms with Gasteiger partial charge in [-0.2, -0.15) is 0 Å². The Hall–Kier alpha value is -3.80. The van der Waals surface area contributed by atoms with Crippen LogP contribution in [0.1, 0.15) is 34.6 Å². The summed E-state index contributed by atoms with van der Waals surface area (Å²) in [5, 5.41) is 5.66. The predicted molar refractivity (Wildman–Crippen MR) is 118 cm³/mol. The highest BCUT2D eigenvalue weighted by Crippen LogP contribution is 2.20. The van der Waals surface area contributed by atoms with Gasteiger partial charge in [0, 0.05) is 34.6 Å². The Morgan fingerprint density at radius 1 is 0.667 bits per heavy atom. The van der Waals surface area contributed by atoms with Crippen LogP contribution in [0.15, 0.2) is 72.8 Å². The van der Waals surface area contributed by atoms with E-state index in [0.29, 0.717) is 47.2 Å². The Morgan fingerprint density at radius 3 is 1.43 bits per heavy atom. The molecule has 2 N–H and O–H groups in total. The molecular formula is C24H24N2O4. The van der Waals surface area contributed by atoms with Gasteiger partial charge in [0.25, 0.3) is 11.8 Å². The Labute approximate surface area is 175 Å². The van der Waals surface area contributed by atoms with Crippen LogP contribution < -0.4 is 20.1 Å². The number of carbonyl (C=O) groups excluding carboxylic acids is 2. The first-order valence-corrected chi connectivity index (χ1v) is 9.77. The third-order valence-corrected chi connectivity index (χ3v) is 4.22. The van der Waals surface area contributed by atoms with Crippen LogP contribution in [0.25, 0.3) is 0 Å². The predicted octanol–water partition coefficient (Wildman–Crippen LogP) is 4.99. The smallest absolute Gasteiger partial charge is 0.255 e. The van der Waals surface area contributed by atoms with Crippen LogP contribution in [-0.4, -0.2) is 25.0 Å². The van der Waals surface area contributed by atoms with Crippen molar-refractivity contribution in [2.24, 2.45) is 0 Å². The van der Waals surface area contributed by atoms with Crippen molar-refractivity contribution in [1.29, 1.82) is 0 Å². The van der Waals surface area contributed by atoms with Crippen molar-refractivity contribution >= 4 is 23.2 Å². The maximum absolute atomic E-state index is 12.5. The number of hydrogen-bond acceptors (Lipinski definition) is 4. The number of hydrogen-bond donors (Lipinski definition) is 2. The van der Waals surface area contributed by atoms with E-state index in [1.807, 2.05) is 38.1 Å². The number of nitrogens with one attached hydrogen (secondary N) is 2. The second-order valence-corrected chi connectivity index (χ2v) is 6.41. The van der Waals surface area contributed by atoms with Gasteiger partial charge >= 0.3 is 0 Å². The van der Waals surface area contributed by atoms with Crippen LogP contribution in [0.3, 0.4) is 0 Å². The molecule has 2 amide bonds. The Bertz CT molecular complexity index is 933. The van der Waals surface area contributed by atoms with Gasteiger partial charge in [0.1, 0.15) is 11.5 Å². The molecule has 6 nitrogen and oxygen atoms in total. The largest absolute Gasteiger partial charge is 0.494 e. The molecule has 0 unspecified atom stereocenters. The minimum absolute atomic E-state index is 0.264. The Morgan fingerprint density at radius 2 is 1.07 bits per heavy atom. The topological polar surface area (TPSA) is 76.7 Å². The first-order chi connectivity index (χ1) is 14.6. The van der Waals surface area contributed by atoms with Crippen LogP contribution in [-0.2, 0) is 0 Å². The number of rotatable bonds is 8. The molecule has 3 aromatic carbocycles. The maximum Gasteiger partial charge on any atom is 0.255 e. The van der Waals surface area contributed by atoms with Crippen molar-refractivity contribution in [3.8, 4) is 11.5 Å². The van der Waals surface area contributed by atoms with Crippen LogP contribution in [0.5, 0.6) is 11.5 Å². The molecule has 0 atom stereocenters. The monoisotopic (exact) mass is 404 g/mol. The summed E-state index contributed by atoms with van der Waals surface area (Å²) >= 11 is 0. The second-order valence-electron chi connectivity index (χ2n) is 6.41. The van der Waals surface area contributed by atoms with Crippen molar-refractivity contribution in [2.45, 2.75) is 13.8 Å². The van der Waals surface area contributed by atoms with Crippen molar-refractivity contribution in [1.82, 2.24) is 0 Å². The van der Waals surface area contributed by atoms with E-state index >= 15 is 0 Å². The van der Waals surface area contributed by atoms with E-state index in [9.17, 15) is 9.59 Å². The van der Waals surface area contributed by atoms with Gasteiger partial charge in [-0.25, -0.2) is 0 Å². The molecule has 30 heavy (non-hydrogen) atoms. The summed E-state index contributed by atoms with van der Waals surface area (Å²) in [4.78, 5) is 25.0.